The van der Waals surface area contributed by atoms with Gasteiger partial charge in [-0.05, 0) is 46.6 Å². The number of ether oxygens (including phenoxy) is 1. The quantitative estimate of drug-likeness (QED) is 0.712. The van der Waals surface area contributed by atoms with Crippen molar-refractivity contribution in [2.75, 3.05) is 6.54 Å². The monoisotopic (exact) mass is 229 g/mol. The van der Waals surface area contributed by atoms with Crippen LogP contribution < -0.4 is 5.32 Å². The van der Waals surface area contributed by atoms with Crippen LogP contribution in [-0.4, -0.2) is 24.2 Å². The standard InChI is InChI=1S/C13H27NO2/c1-10(2)7-8-14-11(3)9-12(15)16-13(4,5)6/h10-11,14H,7-9H2,1-6H3. The molecule has 1 atom stereocenters. The second kappa shape index (κ2) is 6.89. The molecule has 0 saturated carbocycles. The summed E-state index contributed by atoms with van der Waals surface area (Å²) in [6.45, 7) is 13.0. The van der Waals surface area contributed by atoms with E-state index >= 15 is 0 Å². The van der Waals surface area contributed by atoms with Crippen LogP contribution in [-0.2, 0) is 9.53 Å². The third-order valence-corrected chi connectivity index (χ3v) is 2.11. The molecule has 0 saturated heterocycles. The SMILES string of the molecule is CC(C)CCNC(C)CC(=O)OC(C)(C)C. The molecule has 0 rings (SSSR count). The molecule has 0 aromatic rings. The highest BCUT2D eigenvalue weighted by molar-refractivity contribution is 5.70. The molecular weight excluding hydrogens is 202 g/mol. The minimum absolute atomic E-state index is 0.128. The summed E-state index contributed by atoms with van der Waals surface area (Å²) >= 11 is 0. The van der Waals surface area contributed by atoms with Gasteiger partial charge in [0.15, 0.2) is 0 Å². The first kappa shape index (κ1) is 15.4. The van der Waals surface area contributed by atoms with Crippen molar-refractivity contribution in [2.24, 2.45) is 5.92 Å². The molecule has 0 spiro atoms. The molecule has 0 aliphatic rings. The molecule has 0 aromatic heterocycles. The van der Waals surface area contributed by atoms with Gasteiger partial charge in [-0.3, -0.25) is 4.79 Å². The lowest BCUT2D eigenvalue weighted by atomic mass is 10.1. The zero-order valence-corrected chi connectivity index (χ0v) is 11.6. The normalized spacial score (nSPS) is 13.9. The Kier molecular flexibility index (Phi) is 6.65. The number of rotatable bonds is 6. The maximum absolute atomic E-state index is 11.5. The summed E-state index contributed by atoms with van der Waals surface area (Å²) < 4.78 is 5.26. The Bertz CT molecular complexity index is 206. The van der Waals surface area contributed by atoms with Gasteiger partial charge in [-0.2, -0.15) is 0 Å². The van der Waals surface area contributed by atoms with Crippen LogP contribution in [0.25, 0.3) is 0 Å². The first-order valence-corrected chi connectivity index (χ1v) is 6.16. The minimum atomic E-state index is -0.380. The Morgan fingerprint density at radius 3 is 2.25 bits per heavy atom. The van der Waals surface area contributed by atoms with E-state index in [1.54, 1.807) is 0 Å². The van der Waals surface area contributed by atoms with E-state index in [1.807, 2.05) is 27.7 Å². The van der Waals surface area contributed by atoms with Gasteiger partial charge in [-0.25, -0.2) is 0 Å². The van der Waals surface area contributed by atoms with Crippen LogP contribution in [0.5, 0.6) is 0 Å². The van der Waals surface area contributed by atoms with Crippen molar-refractivity contribution in [3.05, 3.63) is 0 Å². The molecule has 3 nitrogen and oxygen atoms in total. The molecule has 0 aliphatic heterocycles. The number of esters is 1. The maximum atomic E-state index is 11.5. The van der Waals surface area contributed by atoms with Gasteiger partial charge in [-0.15, -0.1) is 0 Å². The highest BCUT2D eigenvalue weighted by Crippen LogP contribution is 2.09. The Balaban J connectivity index is 3.70. The van der Waals surface area contributed by atoms with Gasteiger partial charge in [-0.1, -0.05) is 13.8 Å². The number of carbonyl (C=O) groups excluding carboxylic acids is 1. The van der Waals surface area contributed by atoms with Crippen molar-refractivity contribution in [3.63, 3.8) is 0 Å². The van der Waals surface area contributed by atoms with Crippen LogP contribution >= 0.6 is 0 Å². The maximum Gasteiger partial charge on any atom is 0.307 e. The molecule has 3 heteroatoms. The molecule has 0 fully saturated rings. The second-order valence-corrected chi connectivity index (χ2v) is 5.83. The van der Waals surface area contributed by atoms with E-state index in [-0.39, 0.29) is 17.6 Å². The smallest absolute Gasteiger partial charge is 0.307 e. The third kappa shape index (κ3) is 9.97. The molecule has 16 heavy (non-hydrogen) atoms. The molecule has 0 bridgehead atoms. The Morgan fingerprint density at radius 2 is 1.81 bits per heavy atom. The van der Waals surface area contributed by atoms with Crippen molar-refractivity contribution >= 4 is 5.97 Å². The average molecular weight is 229 g/mol. The van der Waals surface area contributed by atoms with Crippen molar-refractivity contribution in [2.45, 2.75) is 66.0 Å². The minimum Gasteiger partial charge on any atom is -0.460 e. The zero-order chi connectivity index (χ0) is 12.8. The Morgan fingerprint density at radius 1 is 1.25 bits per heavy atom. The zero-order valence-electron chi connectivity index (χ0n) is 11.6. The Hall–Kier alpha value is -0.570. The second-order valence-electron chi connectivity index (χ2n) is 5.83. The first-order chi connectivity index (χ1) is 7.20. The van der Waals surface area contributed by atoms with Crippen LogP contribution in [0.4, 0.5) is 0 Å². The van der Waals surface area contributed by atoms with Gasteiger partial charge in [0.2, 0.25) is 0 Å². The highest BCUT2D eigenvalue weighted by atomic mass is 16.6. The van der Waals surface area contributed by atoms with Crippen LogP contribution in [0, 0.1) is 5.92 Å². The van der Waals surface area contributed by atoms with E-state index in [0.717, 1.165) is 13.0 Å². The fraction of sp³-hybridized carbons (Fsp3) is 0.923. The largest absolute Gasteiger partial charge is 0.460 e. The molecule has 96 valence electrons. The summed E-state index contributed by atoms with van der Waals surface area (Å²) in [7, 11) is 0. The summed E-state index contributed by atoms with van der Waals surface area (Å²) in [5.41, 5.74) is -0.380. The number of hydrogen-bond donors (Lipinski definition) is 1. The van der Waals surface area contributed by atoms with Gasteiger partial charge in [0.05, 0.1) is 6.42 Å². The molecule has 0 amide bonds. The predicted octanol–water partition coefficient (Wildman–Crippen LogP) is 2.74. The van der Waals surface area contributed by atoms with Crippen molar-refractivity contribution < 1.29 is 9.53 Å². The fourth-order valence-electron chi connectivity index (χ4n) is 1.32. The number of nitrogens with one attached hydrogen (secondary N) is 1. The van der Waals surface area contributed by atoms with E-state index < -0.39 is 0 Å². The van der Waals surface area contributed by atoms with E-state index in [1.165, 1.54) is 0 Å². The van der Waals surface area contributed by atoms with E-state index in [9.17, 15) is 4.79 Å². The van der Waals surface area contributed by atoms with Gasteiger partial charge in [0, 0.05) is 6.04 Å². The van der Waals surface area contributed by atoms with E-state index in [4.69, 9.17) is 4.74 Å². The van der Waals surface area contributed by atoms with Gasteiger partial charge < -0.3 is 10.1 Å². The van der Waals surface area contributed by atoms with Crippen LogP contribution in [0.3, 0.4) is 0 Å². The lowest BCUT2D eigenvalue weighted by Gasteiger charge is -2.21. The lowest BCUT2D eigenvalue weighted by Crippen LogP contribution is -2.33. The molecule has 0 radical (unpaired) electrons. The lowest BCUT2D eigenvalue weighted by molar-refractivity contribution is -0.155. The first-order valence-electron chi connectivity index (χ1n) is 6.16. The van der Waals surface area contributed by atoms with Crippen molar-refractivity contribution in [1.82, 2.24) is 5.32 Å². The molecular formula is C13H27NO2. The summed E-state index contributed by atoms with van der Waals surface area (Å²) in [5.74, 6) is 0.568. The van der Waals surface area contributed by atoms with Crippen molar-refractivity contribution in [3.8, 4) is 0 Å². The molecule has 0 heterocycles. The summed E-state index contributed by atoms with van der Waals surface area (Å²) in [5, 5.41) is 3.33. The number of carbonyl (C=O) groups is 1. The van der Waals surface area contributed by atoms with Crippen LogP contribution in [0.1, 0.15) is 54.4 Å². The fourth-order valence-corrected chi connectivity index (χ4v) is 1.32. The highest BCUT2D eigenvalue weighted by Gasteiger charge is 2.17. The third-order valence-electron chi connectivity index (χ3n) is 2.11. The van der Waals surface area contributed by atoms with Crippen LogP contribution in [0.15, 0.2) is 0 Å². The summed E-state index contributed by atoms with van der Waals surface area (Å²) in [6, 6.07) is 0.189. The average Bonchev–Trinajstić information content (AvgIpc) is 1.98. The van der Waals surface area contributed by atoms with E-state index in [0.29, 0.717) is 12.3 Å². The molecule has 0 aliphatic carbocycles. The van der Waals surface area contributed by atoms with Gasteiger partial charge in [0.1, 0.15) is 5.60 Å². The number of hydrogen-bond acceptors (Lipinski definition) is 3. The van der Waals surface area contributed by atoms with Crippen molar-refractivity contribution in [1.29, 1.82) is 0 Å². The van der Waals surface area contributed by atoms with Gasteiger partial charge >= 0.3 is 5.97 Å². The topological polar surface area (TPSA) is 38.3 Å². The van der Waals surface area contributed by atoms with E-state index in [2.05, 4.69) is 19.2 Å². The molecule has 1 unspecified atom stereocenters. The molecule has 0 aromatic carbocycles. The van der Waals surface area contributed by atoms with Crippen LogP contribution in [0.2, 0.25) is 0 Å². The molecule has 1 N–H and O–H groups in total. The summed E-state index contributed by atoms with van der Waals surface area (Å²) in [6.07, 6.45) is 1.58. The Labute approximate surface area is 99.9 Å². The summed E-state index contributed by atoms with van der Waals surface area (Å²) in [4.78, 5) is 11.5. The van der Waals surface area contributed by atoms with Gasteiger partial charge in [0.25, 0.3) is 0 Å². The predicted molar refractivity (Wildman–Crippen MR) is 67.4 cm³/mol.